The minimum atomic E-state index is -0.371. The molecule has 1 aliphatic heterocycles. The van der Waals surface area contributed by atoms with Crippen molar-refractivity contribution in [3.63, 3.8) is 0 Å². The third kappa shape index (κ3) is 3.98. The van der Waals surface area contributed by atoms with E-state index in [-0.39, 0.29) is 18.5 Å². The van der Waals surface area contributed by atoms with Crippen molar-refractivity contribution in [2.24, 2.45) is 0 Å². The molecule has 1 aromatic carbocycles. The van der Waals surface area contributed by atoms with Crippen LogP contribution in [0.25, 0.3) is 6.08 Å². The van der Waals surface area contributed by atoms with E-state index in [1.165, 1.54) is 0 Å². The van der Waals surface area contributed by atoms with Gasteiger partial charge in [0.2, 0.25) is 0 Å². The molecule has 0 spiro atoms. The molecule has 1 N–H and O–H groups in total. The average Bonchev–Trinajstić information content (AvgIpc) is 2.45. The molecule has 1 atom stereocenters. The van der Waals surface area contributed by atoms with Crippen LogP contribution in [0.15, 0.2) is 36.6 Å². The summed E-state index contributed by atoms with van der Waals surface area (Å²) in [5.74, 6) is -0.0279. The molecule has 4 nitrogen and oxygen atoms in total. The molecule has 0 saturated carbocycles. The largest absolute Gasteiger partial charge is 0.493 e. The predicted octanol–water partition coefficient (Wildman–Crippen LogP) is 1.23. The Bertz CT molecular complexity index is 397. The number of hydrogen-bond donors (Lipinski definition) is 1. The lowest BCUT2D eigenvalue weighted by Crippen LogP contribution is -2.44. The van der Waals surface area contributed by atoms with E-state index in [0.29, 0.717) is 13.2 Å². The van der Waals surface area contributed by atoms with Gasteiger partial charge < -0.3 is 14.8 Å². The summed E-state index contributed by atoms with van der Waals surface area (Å²) >= 11 is 0. The molecule has 0 aromatic heterocycles. The highest BCUT2D eigenvalue weighted by molar-refractivity contribution is 5.84. The normalized spacial score (nSPS) is 19.9. The molecule has 1 saturated heterocycles. The van der Waals surface area contributed by atoms with Crippen molar-refractivity contribution in [3.05, 3.63) is 42.2 Å². The fourth-order valence-electron chi connectivity index (χ4n) is 1.69. The third-order valence-corrected chi connectivity index (χ3v) is 2.67. The van der Waals surface area contributed by atoms with Gasteiger partial charge in [-0.2, -0.15) is 0 Å². The molecular weight excluding hydrogens is 230 g/mol. The first-order chi connectivity index (χ1) is 8.86. The maximum Gasteiger partial charge on any atom is 0.200 e. The molecule has 1 fully saturated rings. The van der Waals surface area contributed by atoms with E-state index >= 15 is 0 Å². The van der Waals surface area contributed by atoms with Crippen molar-refractivity contribution in [1.29, 1.82) is 0 Å². The van der Waals surface area contributed by atoms with Crippen LogP contribution in [0.2, 0.25) is 0 Å². The van der Waals surface area contributed by atoms with Gasteiger partial charge in [0.05, 0.1) is 12.9 Å². The number of ether oxygens (including phenoxy) is 2. The van der Waals surface area contributed by atoms with Crippen LogP contribution in [0.3, 0.4) is 0 Å². The number of Topliss-reactive ketones (excluding diaryl/α,β-unsaturated/α-hetero) is 1. The number of nitrogens with one attached hydrogen (secondary N) is 1. The topological polar surface area (TPSA) is 47.6 Å². The Balaban J connectivity index is 1.71. The smallest absolute Gasteiger partial charge is 0.200 e. The molecular formula is C14H17NO3. The van der Waals surface area contributed by atoms with Crippen molar-refractivity contribution in [3.8, 4) is 0 Å². The SMILES string of the molecule is O=C(COC=Cc1ccccc1)C1CNCCO1. The number of benzene rings is 1. The minimum absolute atomic E-state index is 0.0279. The van der Waals surface area contributed by atoms with E-state index in [1.807, 2.05) is 36.4 Å². The van der Waals surface area contributed by atoms with Crippen LogP contribution < -0.4 is 5.32 Å². The number of morpholine rings is 1. The lowest BCUT2D eigenvalue weighted by Gasteiger charge is -2.21. The van der Waals surface area contributed by atoms with Gasteiger partial charge >= 0.3 is 0 Å². The second kappa shape index (κ2) is 6.93. The van der Waals surface area contributed by atoms with E-state index in [4.69, 9.17) is 9.47 Å². The molecule has 1 heterocycles. The molecule has 4 heteroatoms. The van der Waals surface area contributed by atoms with Crippen LogP contribution in [0.1, 0.15) is 5.56 Å². The molecule has 0 amide bonds. The third-order valence-electron chi connectivity index (χ3n) is 2.67. The van der Waals surface area contributed by atoms with Crippen LogP contribution in [0, 0.1) is 0 Å². The van der Waals surface area contributed by atoms with Crippen molar-refractivity contribution in [2.75, 3.05) is 26.3 Å². The summed E-state index contributed by atoms with van der Waals surface area (Å²) in [7, 11) is 0. The van der Waals surface area contributed by atoms with Gasteiger partial charge in [0.1, 0.15) is 12.7 Å². The highest BCUT2D eigenvalue weighted by atomic mass is 16.5. The van der Waals surface area contributed by atoms with Crippen LogP contribution in [0.5, 0.6) is 0 Å². The highest BCUT2D eigenvalue weighted by Crippen LogP contribution is 2.02. The van der Waals surface area contributed by atoms with Crippen molar-refractivity contribution in [2.45, 2.75) is 6.10 Å². The van der Waals surface area contributed by atoms with Crippen LogP contribution in [-0.4, -0.2) is 38.2 Å². The van der Waals surface area contributed by atoms with Gasteiger partial charge in [0.25, 0.3) is 0 Å². The van der Waals surface area contributed by atoms with Gasteiger partial charge in [-0.3, -0.25) is 4.79 Å². The zero-order chi connectivity index (χ0) is 12.6. The minimum Gasteiger partial charge on any atom is -0.493 e. The standard InChI is InChI=1S/C14H17NO3/c16-13(14-10-15-7-9-18-14)11-17-8-6-12-4-2-1-3-5-12/h1-6,8,14-15H,7,9-11H2. The molecule has 18 heavy (non-hydrogen) atoms. The Kier molecular flexibility index (Phi) is 4.93. The van der Waals surface area contributed by atoms with E-state index in [1.54, 1.807) is 6.26 Å². The van der Waals surface area contributed by atoms with E-state index in [0.717, 1.165) is 12.1 Å². The molecule has 0 bridgehead atoms. The summed E-state index contributed by atoms with van der Waals surface area (Å²) < 4.78 is 10.6. The summed E-state index contributed by atoms with van der Waals surface area (Å²) in [4.78, 5) is 11.7. The summed E-state index contributed by atoms with van der Waals surface area (Å²) in [6.07, 6.45) is 3.00. The number of hydrogen-bond acceptors (Lipinski definition) is 4. The van der Waals surface area contributed by atoms with Crippen LogP contribution in [-0.2, 0) is 14.3 Å². The quantitative estimate of drug-likeness (QED) is 0.795. The summed E-state index contributed by atoms with van der Waals surface area (Å²) in [6, 6.07) is 9.79. The van der Waals surface area contributed by atoms with Gasteiger partial charge in [0.15, 0.2) is 5.78 Å². The lowest BCUT2D eigenvalue weighted by atomic mass is 10.2. The van der Waals surface area contributed by atoms with E-state index < -0.39 is 0 Å². The number of rotatable bonds is 5. The highest BCUT2D eigenvalue weighted by Gasteiger charge is 2.21. The molecule has 1 aliphatic rings. The van der Waals surface area contributed by atoms with Gasteiger partial charge in [-0.1, -0.05) is 30.3 Å². The fraction of sp³-hybridized carbons (Fsp3) is 0.357. The number of carbonyl (C=O) groups is 1. The van der Waals surface area contributed by atoms with Gasteiger partial charge in [-0.15, -0.1) is 0 Å². The van der Waals surface area contributed by atoms with Crippen molar-refractivity contribution >= 4 is 11.9 Å². The number of carbonyl (C=O) groups excluding carboxylic acids is 1. The Morgan fingerprint density at radius 1 is 1.44 bits per heavy atom. The van der Waals surface area contributed by atoms with E-state index in [2.05, 4.69) is 5.32 Å². The Morgan fingerprint density at radius 2 is 2.28 bits per heavy atom. The van der Waals surface area contributed by atoms with Gasteiger partial charge in [-0.25, -0.2) is 0 Å². The summed E-state index contributed by atoms with van der Waals surface area (Å²) in [5, 5.41) is 3.11. The lowest BCUT2D eigenvalue weighted by molar-refractivity contribution is -0.134. The molecule has 2 rings (SSSR count). The zero-order valence-corrected chi connectivity index (χ0v) is 10.2. The van der Waals surface area contributed by atoms with Crippen LogP contribution in [0.4, 0.5) is 0 Å². The Morgan fingerprint density at radius 3 is 3.00 bits per heavy atom. The maximum atomic E-state index is 11.7. The molecule has 0 radical (unpaired) electrons. The Hall–Kier alpha value is -1.65. The average molecular weight is 247 g/mol. The second-order valence-electron chi connectivity index (χ2n) is 4.05. The first-order valence-electron chi connectivity index (χ1n) is 6.04. The molecule has 1 aromatic rings. The second-order valence-corrected chi connectivity index (χ2v) is 4.05. The fourth-order valence-corrected chi connectivity index (χ4v) is 1.69. The van der Waals surface area contributed by atoms with Gasteiger partial charge in [0, 0.05) is 13.1 Å². The first kappa shape index (κ1) is 12.8. The van der Waals surface area contributed by atoms with Gasteiger partial charge in [-0.05, 0) is 11.6 Å². The monoisotopic (exact) mass is 247 g/mol. The summed E-state index contributed by atoms with van der Waals surface area (Å²) in [6.45, 7) is 2.01. The molecule has 0 aliphatic carbocycles. The Labute approximate surface area is 107 Å². The molecule has 96 valence electrons. The predicted molar refractivity (Wildman–Crippen MR) is 69.0 cm³/mol. The maximum absolute atomic E-state index is 11.7. The number of ketones is 1. The zero-order valence-electron chi connectivity index (χ0n) is 10.2. The van der Waals surface area contributed by atoms with Crippen LogP contribution >= 0.6 is 0 Å². The van der Waals surface area contributed by atoms with E-state index in [9.17, 15) is 4.79 Å². The summed E-state index contributed by atoms with van der Waals surface area (Å²) in [5.41, 5.74) is 1.04. The first-order valence-corrected chi connectivity index (χ1v) is 6.04. The molecule has 1 unspecified atom stereocenters. The van der Waals surface area contributed by atoms with Crippen molar-refractivity contribution < 1.29 is 14.3 Å². The van der Waals surface area contributed by atoms with Crippen molar-refractivity contribution in [1.82, 2.24) is 5.32 Å².